The standard InChI is InChI=1S/C16H27BrO4/c1-3-5-6-7-11-8-9-14-15(21-16(18)20-14)10-12(17)13(4-2)19-11/h11-15H,3-10H2,1-2H3. The minimum absolute atomic E-state index is 0.106. The van der Waals surface area contributed by atoms with Crippen LogP contribution in [-0.2, 0) is 14.2 Å². The van der Waals surface area contributed by atoms with Gasteiger partial charge < -0.3 is 14.2 Å². The van der Waals surface area contributed by atoms with Crippen LogP contribution >= 0.6 is 15.9 Å². The maximum atomic E-state index is 11.4. The molecule has 5 unspecified atom stereocenters. The molecule has 21 heavy (non-hydrogen) atoms. The summed E-state index contributed by atoms with van der Waals surface area (Å²) in [6.45, 7) is 4.36. The van der Waals surface area contributed by atoms with E-state index in [1.165, 1.54) is 19.3 Å². The van der Waals surface area contributed by atoms with Crippen molar-refractivity contribution in [1.29, 1.82) is 0 Å². The Labute approximate surface area is 136 Å². The topological polar surface area (TPSA) is 44.8 Å². The van der Waals surface area contributed by atoms with E-state index in [9.17, 15) is 4.79 Å². The first-order valence-corrected chi connectivity index (χ1v) is 9.22. The molecule has 4 nitrogen and oxygen atoms in total. The Balaban J connectivity index is 2.00. The van der Waals surface area contributed by atoms with Crippen LogP contribution in [0.1, 0.15) is 65.2 Å². The maximum Gasteiger partial charge on any atom is 0.509 e. The van der Waals surface area contributed by atoms with Gasteiger partial charge in [0.2, 0.25) is 0 Å². The van der Waals surface area contributed by atoms with Crippen LogP contribution in [0.3, 0.4) is 0 Å². The van der Waals surface area contributed by atoms with Gasteiger partial charge in [-0.1, -0.05) is 49.0 Å². The van der Waals surface area contributed by atoms with Gasteiger partial charge in [-0.15, -0.1) is 0 Å². The third-order valence-corrected chi connectivity index (χ3v) is 5.41. The van der Waals surface area contributed by atoms with E-state index >= 15 is 0 Å². The van der Waals surface area contributed by atoms with Crippen LogP contribution in [0.25, 0.3) is 0 Å². The van der Waals surface area contributed by atoms with Crippen LogP contribution in [-0.4, -0.2) is 35.4 Å². The molecule has 2 heterocycles. The fourth-order valence-corrected chi connectivity index (χ4v) is 4.05. The molecule has 2 aliphatic heterocycles. The third-order valence-electron chi connectivity index (χ3n) is 4.44. The van der Waals surface area contributed by atoms with E-state index in [2.05, 4.69) is 29.8 Å². The van der Waals surface area contributed by atoms with Gasteiger partial charge in [-0.05, 0) is 25.7 Å². The zero-order chi connectivity index (χ0) is 15.2. The summed E-state index contributed by atoms with van der Waals surface area (Å²) in [7, 11) is 0. The summed E-state index contributed by atoms with van der Waals surface area (Å²) in [5, 5.41) is 0. The molecule has 0 bridgehead atoms. The van der Waals surface area contributed by atoms with E-state index in [1.807, 2.05) is 0 Å². The van der Waals surface area contributed by atoms with Gasteiger partial charge in [0.25, 0.3) is 0 Å². The highest BCUT2D eigenvalue weighted by atomic mass is 79.9. The largest absolute Gasteiger partial charge is 0.509 e. The van der Waals surface area contributed by atoms with E-state index in [-0.39, 0.29) is 29.2 Å². The van der Waals surface area contributed by atoms with Gasteiger partial charge in [0.15, 0.2) is 0 Å². The number of rotatable bonds is 5. The lowest BCUT2D eigenvalue weighted by molar-refractivity contribution is -0.0251. The predicted molar refractivity (Wildman–Crippen MR) is 84.8 cm³/mol. The first-order valence-electron chi connectivity index (χ1n) is 8.30. The molecule has 0 saturated carbocycles. The van der Waals surface area contributed by atoms with Gasteiger partial charge in [0.05, 0.1) is 12.2 Å². The van der Waals surface area contributed by atoms with Crippen molar-refractivity contribution in [2.45, 2.75) is 94.5 Å². The van der Waals surface area contributed by atoms with E-state index in [4.69, 9.17) is 14.2 Å². The Morgan fingerprint density at radius 3 is 2.62 bits per heavy atom. The number of ether oxygens (including phenoxy) is 3. The second kappa shape index (κ2) is 8.37. The summed E-state index contributed by atoms with van der Waals surface area (Å²) in [5.41, 5.74) is 0. The second-order valence-corrected chi connectivity index (χ2v) is 7.27. The van der Waals surface area contributed by atoms with E-state index < -0.39 is 6.16 Å². The van der Waals surface area contributed by atoms with Gasteiger partial charge in [0, 0.05) is 11.2 Å². The van der Waals surface area contributed by atoms with Gasteiger partial charge in [-0.2, -0.15) is 0 Å². The molecule has 0 N–H and O–H groups in total. The summed E-state index contributed by atoms with van der Waals surface area (Å²) in [5.74, 6) is 0. The summed E-state index contributed by atoms with van der Waals surface area (Å²) >= 11 is 3.73. The molecule has 5 heteroatoms. The number of carbonyl (C=O) groups excluding carboxylic acids is 1. The van der Waals surface area contributed by atoms with Gasteiger partial charge in [-0.25, -0.2) is 4.79 Å². The Bertz CT molecular complexity index is 336. The number of unbranched alkanes of at least 4 members (excludes halogenated alkanes) is 2. The lowest BCUT2D eigenvalue weighted by atomic mass is 10.00. The molecule has 2 saturated heterocycles. The maximum absolute atomic E-state index is 11.4. The van der Waals surface area contributed by atoms with Gasteiger partial charge >= 0.3 is 6.16 Å². The smallest absolute Gasteiger partial charge is 0.427 e. The minimum Gasteiger partial charge on any atom is -0.427 e. The Morgan fingerprint density at radius 2 is 1.90 bits per heavy atom. The van der Waals surface area contributed by atoms with E-state index in [0.29, 0.717) is 0 Å². The van der Waals surface area contributed by atoms with Crippen molar-refractivity contribution in [3.05, 3.63) is 0 Å². The normalized spacial score (nSPS) is 36.9. The number of hydrogen-bond donors (Lipinski definition) is 0. The van der Waals surface area contributed by atoms with Crippen LogP contribution in [0.2, 0.25) is 0 Å². The van der Waals surface area contributed by atoms with E-state index in [0.717, 1.165) is 32.1 Å². The van der Waals surface area contributed by atoms with Crippen LogP contribution in [0, 0.1) is 0 Å². The molecule has 0 aromatic heterocycles. The van der Waals surface area contributed by atoms with Crippen molar-refractivity contribution < 1.29 is 19.0 Å². The van der Waals surface area contributed by atoms with Crippen molar-refractivity contribution in [2.24, 2.45) is 0 Å². The molecule has 0 aromatic carbocycles. The molecule has 0 aromatic rings. The highest BCUT2D eigenvalue weighted by Gasteiger charge is 2.40. The molecular formula is C16H27BrO4. The number of alkyl halides is 1. The van der Waals surface area contributed by atoms with Crippen LogP contribution in [0.15, 0.2) is 0 Å². The van der Waals surface area contributed by atoms with Crippen LogP contribution in [0.4, 0.5) is 4.79 Å². The molecule has 5 atom stereocenters. The number of carbonyl (C=O) groups is 1. The third kappa shape index (κ3) is 4.85. The molecular weight excluding hydrogens is 336 g/mol. The summed E-state index contributed by atoms with van der Waals surface area (Å²) in [4.78, 5) is 11.6. The molecule has 0 radical (unpaired) electrons. The highest BCUT2D eigenvalue weighted by molar-refractivity contribution is 9.09. The lowest BCUT2D eigenvalue weighted by Gasteiger charge is -2.27. The Kier molecular flexibility index (Phi) is 6.80. The number of hydrogen-bond acceptors (Lipinski definition) is 4. The minimum atomic E-state index is -0.512. The number of fused-ring (bicyclic) bond motifs is 1. The fraction of sp³-hybridized carbons (Fsp3) is 0.938. The number of halogens is 1. The second-order valence-electron chi connectivity index (χ2n) is 6.09. The predicted octanol–water partition coefficient (Wildman–Crippen LogP) is 4.58. The molecule has 2 aliphatic rings. The fourth-order valence-electron chi connectivity index (χ4n) is 3.18. The monoisotopic (exact) mass is 362 g/mol. The highest BCUT2D eigenvalue weighted by Crippen LogP contribution is 2.32. The first kappa shape index (κ1) is 17.1. The zero-order valence-corrected chi connectivity index (χ0v) is 14.6. The molecule has 0 aliphatic carbocycles. The van der Waals surface area contributed by atoms with Crippen molar-refractivity contribution in [3.63, 3.8) is 0 Å². The molecule has 0 spiro atoms. The molecule has 122 valence electrons. The van der Waals surface area contributed by atoms with E-state index in [1.54, 1.807) is 0 Å². The van der Waals surface area contributed by atoms with Crippen molar-refractivity contribution in [3.8, 4) is 0 Å². The molecule has 0 amide bonds. The zero-order valence-electron chi connectivity index (χ0n) is 13.1. The van der Waals surface area contributed by atoms with Crippen LogP contribution in [0.5, 0.6) is 0 Å². The van der Waals surface area contributed by atoms with Gasteiger partial charge in [0.1, 0.15) is 12.2 Å². The summed E-state index contributed by atoms with van der Waals surface area (Å²) < 4.78 is 16.9. The van der Waals surface area contributed by atoms with Crippen molar-refractivity contribution >= 4 is 22.1 Å². The Hall–Kier alpha value is -0.290. The van der Waals surface area contributed by atoms with Gasteiger partial charge in [-0.3, -0.25) is 0 Å². The first-order chi connectivity index (χ1) is 10.1. The SMILES string of the molecule is CCCCCC1CCC2OC(=O)OC2CC(Br)C(CC)O1. The summed E-state index contributed by atoms with van der Waals surface area (Å²) in [6, 6.07) is 0. The lowest BCUT2D eigenvalue weighted by Crippen LogP contribution is -2.31. The van der Waals surface area contributed by atoms with Crippen molar-refractivity contribution in [2.75, 3.05) is 0 Å². The Morgan fingerprint density at radius 1 is 1.14 bits per heavy atom. The molecule has 2 fully saturated rings. The average Bonchev–Trinajstić information content (AvgIpc) is 2.81. The quantitative estimate of drug-likeness (QED) is 0.407. The summed E-state index contributed by atoms with van der Waals surface area (Å²) in [6.07, 6.45) is 7.96. The van der Waals surface area contributed by atoms with Crippen LogP contribution < -0.4 is 0 Å². The average molecular weight is 363 g/mol. The van der Waals surface area contributed by atoms with Crippen molar-refractivity contribution in [1.82, 2.24) is 0 Å². The molecule has 2 rings (SSSR count).